The summed E-state index contributed by atoms with van der Waals surface area (Å²) >= 11 is 0. The van der Waals surface area contributed by atoms with E-state index in [1.807, 2.05) is 24.0 Å². The number of imidazole rings is 1. The fourth-order valence-electron chi connectivity index (χ4n) is 5.01. The van der Waals surface area contributed by atoms with Crippen LogP contribution in [0.5, 0.6) is 0 Å². The molecule has 9 nitrogen and oxygen atoms in total. The smallest absolute Gasteiger partial charge is 0.280 e. The number of hydrogen-bond acceptors (Lipinski definition) is 6. The topological polar surface area (TPSA) is 104 Å². The maximum atomic E-state index is 15.7. The first kappa shape index (κ1) is 21.8. The highest BCUT2D eigenvalue weighted by molar-refractivity contribution is 7.91. The van der Waals surface area contributed by atoms with Gasteiger partial charge in [0.05, 0.1) is 34.9 Å². The molecule has 6 rings (SSSR count). The Morgan fingerprint density at radius 2 is 1.83 bits per heavy atom. The molecule has 0 bridgehead atoms. The second-order valence-corrected chi connectivity index (χ2v) is 11.3. The maximum absolute atomic E-state index is 15.7. The molecule has 4 aromatic rings. The number of H-pyrrole nitrogens is 1. The van der Waals surface area contributed by atoms with Gasteiger partial charge in [-0.05, 0) is 37.3 Å². The number of aryl methyl sites for hydroxylation is 1. The zero-order chi connectivity index (χ0) is 24.5. The minimum atomic E-state index is -3.04. The van der Waals surface area contributed by atoms with Crippen molar-refractivity contribution in [3.63, 3.8) is 0 Å². The Labute approximate surface area is 201 Å². The number of nitrogens with one attached hydrogen (secondary N) is 1. The first-order chi connectivity index (χ1) is 16.7. The van der Waals surface area contributed by atoms with E-state index in [9.17, 15) is 13.2 Å². The predicted molar refractivity (Wildman–Crippen MR) is 130 cm³/mol. The number of anilines is 2. The molecular formula is C24H23FN6O3S. The molecule has 1 atom stereocenters. The second-order valence-electron chi connectivity index (χ2n) is 9.00. The van der Waals surface area contributed by atoms with E-state index >= 15 is 4.39 Å². The Hall–Kier alpha value is -3.73. The van der Waals surface area contributed by atoms with Crippen LogP contribution >= 0.6 is 0 Å². The van der Waals surface area contributed by atoms with E-state index in [-0.39, 0.29) is 17.4 Å². The van der Waals surface area contributed by atoms with Gasteiger partial charge < -0.3 is 9.88 Å². The fraction of sp³-hybridized carbons (Fsp3) is 0.292. The summed E-state index contributed by atoms with van der Waals surface area (Å²) in [5.41, 5.74) is 4.88. The molecule has 1 amide bonds. The molecule has 4 heterocycles. The highest BCUT2D eigenvalue weighted by atomic mass is 32.2. The van der Waals surface area contributed by atoms with Crippen molar-refractivity contribution in [2.24, 2.45) is 7.05 Å². The number of aromatic nitrogens is 4. The Balaban J connectivity index is 1.45. The van der Waals surface area contributed by atoms with E-state index in [2.05, 4.69) is 15.1 Å². The van der Waals surface area contributed by atoms with E-state index in [1.165, 1.54) is 6.07 Å². The van der Waals surface area contributed by atoms with Gasteiger partial charge in [0, 0.05) is 48.3 Å². The van der Waals surface area contributed by atoms with Crippen molar-refractivity contribution in [1.82, 2.24) is 19.7 Å². The number of hydrogen-bond donors (Lipinski definition) is 1. The summed E-state index contributed by atoms with van der Waals surface area (Å²) in [5.74, 6) is -0.659. The summed E-state index contributed by atoms with van der Waals surface area (Å²) in [6.45, 7) is 2.52. The van der Waals surface area contributed by atoms with Crippen LogP contribution in [0.2, 0.25) is 0 Å². The zero-order valence-corrected chi connectivity index (χ0v) is 20.0. The number of benzene rings is 2. The summed E-state index contributed by atoms with van der Waals surface area (Å²) < 4.78 is 41.0. The average molecular weight is 495 g/mol. The lowest BCUT2D eigenvalue weighted by Crippen LogP contribution is -2.40. The third kappa shape index (κ3) is 3.41. The van der Waals surface area contributed by atoms with E-state index in [0.717, 1.165) is 11.2 Å². The highest BCUT2D eigenvalue weighted by Crippen LogP contribution is 2.44. The van der Waals surface area contributed by atoms with Crippen LogP contribution in [0.15, 0.2) is 42.7 Å². The van der Waals surface area contributed by atoms with Gasteiger partial charge in [0.15, 0.2) is 15.5 Å². The van der Waals surface area contributed by atoms with Crippen molar-refractivity contribution < 1.29 is 17.6 Å². The molecule has 1 saturated heterocycles. The van der Waals surface area contributed by atoms with Gasteiger partial charge in [0.2, 0.25) is 0 Å². The van der Waals surface area contributed by atoms with Crippen LogP contribution < -0.4 is 9.80 Å². The SMILES string of the molecule is Cc1c2c(nn1C)C(=O)N(c1ccc3[nH]cnc3c1)C2c1ccc(N2CCS(=O)(=O)CC2)cc1F. The molecule has 2 aromatic heterocycles. The number of fused-ring (bicyclic) bond motifs is 2. The monoisotopic (exact) mass is 494 g/mol. The number of carbonyl (C=O) groups excluding carboxylic acids is 1. The van der Waals surface area contributed by atoms with Gasteiger partial charge in [0.1, 0.15) is 5.82 Å². The van der Waals surface area contributed by atoms with Crippen LogP contribution in [0.25, 0.3) is 11.0 Å². The number of rotatable bonds is 3. The van der Waals surface area contributed by atoms with Crippen LogP contribution in [-0.2, 0) is 16.9 Å². The summed E-state index contributed by atoms with van der Waals surface area (Å²) in [7, 11) is -1.28. The lowest BCUT2D eigenvalue weighted by molar-refractivity contribution is 0.0988. The number of halogens is 1. The molecule has 11 heteroatoms. The lowest BCUT2D eigenvalue weighted by atomic mass is 9.97. The first-order valence-corrected chi connectivity index (χ1v) is 13.1. The van der Waals surface area contributed by atoms with E-state index < -0.39 is 21.7 Å². The minimum Gasteiger partial charge on any atom is -0.369 e. The molecule has 0 spiro atoms. The molecule has 2 aliphatic heterocycles. The molecule has 35 heavy (non-hydrogen) atoms. The van der Waals surface area contributed by atoms with Gasteiger partial charge >= 0.3 is 0 Å². The fourth-order valence-corrected chi connectivity index (χ4v) is 6.21. The van der Waals surface area contributed by atoms with Crippen molar-refractivity contribution in [3.05, 3.63) is 71.1 Å². The van der Waals surface area contributed by atoms with Gasteiger partial charge in [-0.15, -0.1) is 0 Å². The first-order valence-electron chi connectivity index (χ1n) is 11.3. The molecule has 2 aliphatic rings. The maximum Gasteiger partial charge on any atom is 0.280 e. The van der Waals surface area contributed by atoms with Crippen molar-refractivity contribution in [2.45, 2.75) is 13.0 Å². The number of nitrogens with zero attached hydrogens (tertiary/aromatic N) is 5. The predicted octanol–water partition coefficient (Wildman–Crippen LogP) is 2.73. The van der Waals surface area contributed by atoms with Gasteiger partial charge in [-0.2, -0.15) is 5.10 Å². The van der Waals surface area contributed by atoms with E-state index in [1.54, 1.807) is 41.2 Å². The van der Waals surface area contributed by atoms with Crippen LogP contribution in [0.1, 0.15) is 33.4 Å². The number of carbonyl (C=O) groups is 1. The Morgan fingerprint density at radius 3 is 2.57 bits per heavy atom. The lowest BCUT2D eigenvalue weighted by Gasteiger charge is -2.30. The minimum absolute atomic E-state index is 0.0508. The molecule has 0 saturated carbocycles. The third-order valence-electron chi connectivity index (χ3n) is 7.00. The molecule has 1 unspecified atom stereocenters. The molecule has 2 aromatic carbocycles. The molecule has 180 valence electrons. The highest BCUT2D eigenvalue weighted by Gasteiger charge is 2.44. The molecule has 0 aliphatic carbocycles. The quantitative estimate of drug-likeness (QED) is 0.470. The largest absolute Gasteiger partial charge is 0.369 e. The van der Waals surface area contributed by atoms with Crippen LogP contribution in [0, 0.1) is 12.7 Å². The molecular weight excluding hydrogens is 471 g/mol. The third-order valence-corrected chi connectivity index (χ3v) is 8.61. The Bertz CT molecular complexity index is 1590. The zero-order valence-electron chi connectivity index (χ0n) is 19.2. The van der Waals surface area contributed by atoms with Gasteiger partial charge in [0.25, 0.3) is 5.91 Å². The number of sulfone groups is 1. The Kier molecular flexibility index (Phi) is 4.75. The normalized spacial score (nSPS) is 19.5. The van der Waals surface area contributed by atoms with E-state index in [0.29, 0.717) is 46.8 Å². The molecule has 0 radical (unpaired) electrons. The summed E-state index contributed by atoms with van der Waals surface area (Å²) in [5, 5.41) is 4.43. The second kappa shape index (κ2) is 7.64. The van der Waals surface area contributed by atoms with Crippen molar-refractivity contribution in [3.8, 4) is 0 Å². The van der Waals surface area contributed by atoms with E-state index in [4.69, 9.17) is 0 Å². The molecule has 1 fully saturated rings. The van der Waals surface area contributed by atoms with Crippen LogP contribution in [0.4, 0.5) is 15.8 Å². The standard InChI is InChI=1S/C24H23FN6O3S/c1-14-21-22(28-29(14)2)24(32)31(16-4-6-19-20(12-16)27-13-26-19)23(21)17-5-3-15(11-18(17)25)30-7-9-35(33,34)10-8-30/h3-6,11-13,23H,7-10H2,1-2H3,(H,26,27). The van der Waals surface area contributed by atoms with Gasteiger partial charge in [-0.1, -0.05) is 6.07 Å². The summed E-state index contributed by atoms with van der Waals surface area (Å²) in [6, 6.07) is 9.67. The molecule has 1 N–H and O–H groups in total. The van der Waals surface area contributed by atoms with Crippen molar-refractivity contribution >= 4 is 38.2 Å². The Morgan fingerprint density at radius 1 is 1.09 bits per heavy atom. The number of aromatic amines is 1. The van der Waals surface area contributed by atoms with Gasteiger partial charge in [-0.3, -0.25) is 14.4 Å². The van der Waals surface area contributed by atoms with Gasteiger partial charge in [-0.25, -0.2) is 17.8 Å². The van der Waals surface area contributed by atoms with Crippen LogP contribution in [0.3, 0.4) is 0 Å². The van der Waals surface area contributed by atoms with Crippen LogP contribution in [-0.4, -0.2) is 58.7 Å². The van der Waals surface area contributed by atoms with Crippen molar-refractivity contribution in [1.29, 1.82) is 0 Å². The summed E-state index contributed by atoms with van der Waals surface area (Å²) in [4.78, 5) is 24.3. The van der Waals surface area contributed by atoms with Crippen molar-refractivity contribution in [2.75, 3.05) is 34.4 Å². The number of amides is 1. The summed E-state index contributed by atoms with van der Waals surface area (Å²) in [6.07, 6.45) is 1.59. The average Bonchev–Trinajstić information content (AvgIpc) is 3.48.